The molecule has 0 saturated carbocycles. The van der Waals surface area contributed by atoms with Crippen LogP contribution in [0.2, 0.25) is 0 Å². The van der Waals surface area contributed by atoms with Crippen LogP contribution in [0.15, 0.2) is 54.9 Å². The minimum absolute atomic E-state index is 0.0863. The van der Waals surface area contributed by atoms with Crippen molar-refractivity contribution in [1.82, 2.24) is 14.7 Å². The lowest BCUT2D eigenvalue weighted by Gasteiger charge is -2.06. The van der Waals surface area contributed by atoms with Gasteiger partial charge >= 0.3 is 0 Å². The Labute approximate surface area is 134 Å². The van der Waals surface area contributed by atoms with Crippen molar-refractivity contribution in [3.63, 3.8) is 0 Å². The standard InChI is InChI=1S/C18H19N3O2/c1-2-23-16-8-6-14(7-9-16)18(22)19-11-10-15-13-21-12-4-3-5-17(21)20-15/h3-9,12-13H,2,10-11H2,1H3,(H,19,22). The fourth-order valence-corrected chi connectivity index (χ4v) is 2.38. The molecule has 0 saturated heterocycles. The topological polar surface area (TPSA) is 55.6 Å². The lowest BCUT2D eigenvalue weighted by Crippen LogP contribution is -2.25. The molecule has 0 aliphatic rings. The summed E-state index contributed by atoms with van der Waals surface area (Å²) >= 11 is 0. The highest BCUT2D eigenvalue weighted by Gasteiger charge is 2.06. The number of nitrogens with one attached hydrogen (secondary N) is 1. The van der Waals surface area contributed by atoms with Crippen molar-refractivity contribution in [2.75, 3.05) is 13.2 Å². The second-order valence-corrected chi connectivity index (χ2v) is 5.16. The number of hydrogen-bond acceptors (Lipinski definition) is 3. The SMILES string of the molecule is CCOc1ccc(C(=O)NCCc2cn3ccccc3n2)cc1. The lowest BCUT2D eigenvalue weighted by atomic mass is 10.2. The van der Waals surface area contributed by atoms with E-state index in [0.717, 1.165) is 17.1 Å². The number of benzene rings is 1. The number of rotatable bonds is 6. The largest absolute Gasteiger partial charge is 0.494 e. The Balaban J connectivity index is 1.54. The van der Waals surface area contributed by atoms with Gasteiger partial charge < -0.3 is 14.5 Å². The zero-order valence-electron chi connectivity index (χ0n) is 13.0. The summed E-state index contributed by atoms with van der Waals surface area (Å²) in [6.07, 6.45) is 4.65. The fourth-order valence-electron chi connectivity index (χ4n) is 2.38. The van der Waals surface area contributed by atoms with Crippen LogP contribution in [0.5, 0.6) is 5.75 Å². The van der Waals surface area contributed by atoms with Crippen LogP contribution in [0, 0.1) is 0 Å². The Morgan fingerprint density at radius 2 is 2.04 bits per heavy atom. The summed E-state index contributed by atoms with van der Waals surface area (Å²) in [5.74, 6) is 0.686. The molecule has 2 aromatic heterocycles. The number of amides is 1. The Morgan fingerprint density at radius 1 is 1.22 bits per heavy atom. The van der Waals surface area contributed by atoms with E-state index in [4.69, 9.17) is 4.74 Å². The molecule has 0 aliphatic heterocycles. The van der Waals surface area contributed by atoms with Crippen LogP contribution >= 0.6 is 0 Å². The van der Waals surface area contributed by atoms with Gasteiger partial charge in [0.25, 0.3) is 5.91 Å². The van der Waals surface area contributed by atoms with Crippen molar-refractivity contribution in [2.24, 2.45) is 0 Å². The molecular weight excluding hydrogens is 290 g/mol. The van der Waals surface area contributed by atoms with Gasteiger partial charge in [-0.1, -0.05) is 6.07 Å². The predicted molar refractivity (Wildman–Crippen MR) is 88.8 cm³/mol. The van der Waals surface area contributed by atoms with Crippen molar-refractivity contribution >= 4 is 11.6 Å². The number of carbonyl (C=O) groups excluding carboxylic acids is 1. The molecule has 3 rings (SSSR count). The third-order valence-electron chi connectivity index (χ3n) is 3.51. The highest BCUT2D eigenvalue weighted by molar-refractivity contribution is 5.94. The van der Waals surface area contributed by atoms with Crippen molar-refractivity contribution < 1.29 is 9.53 Å². The quantitative estimate of drug-likeness (QED) is 0.761. The first-order valence-electron chi connectivity index (χ1n) is 7.70. The number of hydrogen-bond donors (Lipinski definition) is 1. The minimum Gasteiger partial charge on any atom is -0.494 e. The number of pyridine rings is 1. The Morgan fingerprint density at radius 3 is 2.78 bits per heavy atom. The van der Waals surface area contributed by atoms with E-state index >= 15 is 0 Å². The van der Waals surface area contributed by atoms with Crippen LogP contribution in [0.4, 0.5) is 0 Å². The first-order valence-corrected chi connectivity index (χ1v) is 7.70. The molecule has 0 atom stereocenters. The van der Waals surface area contributed by atoms with Crippen molar-refractivity contribution in [3.8, 4) is 5.75 Å². The summed E-state index contributed by atoms with van der Waals surface area (Å²) in [5.41, 5.74) is 2.51. The van der Waals surface area contributed by atoms with E-state index in [1.165, 1.54) is 0 Å². The fraction of sp³-hybridized carbons (Fsp3) is 0.222. The Kier molecular flexibility index (Phi) is 4.57. The highest BCUT2D eigenvalue weighted by atomic mass is 16.5. The number of aromatic nitrogens is 2. The molecule has 118 valence electrons. The summed E-state index contributed by atoms with van der Waals surface area (Å²) in [6, 6.07) is 13.0. The van der Waals surface area contributed by atoms with Crippen LogP contribution in [0.1, 0.15) is 23.0 Å². The van der Waals surface area contributed by atoms with E-state index in [2.05, 4.69) is 10.3 Å². The molecule has 5 heteroatoms. The van der Waals surface area contributed by atoms with Gasteiger partial charge in [0, 0.05) is 30.9 Å². The molecule has 0 bridgehead atoms. The average molecular weight is 309 g/mol. The molecule has 2 heterocycles. The molecule has 1 N–H and O–H groups in total. The maximum absolute atomic E-state index is 12.1. The molecule has 0 aliphatic carbocycles. The highest BCUT2D eigenvalue weighted by Crippen LogP contribution is 2.12. The third-order valence-corrected chi connectivity index (χ3v) is 3.51. The molecule has 0 unspecified atom stereocenters. The molecule has 0 fully saturated rings. The van der Waals surface area contributed by atoms with Crippen LogP contribution in [0.25, 0.3) is 5.65 Å². The summed E-state index contributed by atoms with van der Waals surface area (Å²) in [5, 5.41) is 2.91. The molecule has 23 heavy (non-hydrogen) atoms. The number of fused-ring (bicyclic) bond motifs is 1. The molecule has 1 aromatic carbocycles. The zero-order chi connectivity index (χ0) is 16.1. The summed E-state index contributed by atoms with van der Waals surface area (Å²) in [6.45, 7) is 3.10. The minimum atomic E-state index is -0.0863. The Hall–Kier alpha value is -2.82. The van der Waals surface area contributed by atoms with E-state index in [9.17, 15) is 4.79 Å². The molecule has 5 nitrogen and oxygen atoms in total. The van der Waals surface area contributed by atoms with Gasteiger partial charge in [0.1, 0.15) is 11.4 Å². The number of carbonyl (C=O) groups is 1. The molecule has 1 amide bonds. The van der Waals surface area contributed by atoms with Gasteiger partial charge in [0.2, 0.25) is 0 Å². The smallest absolute Gasteiger partial charge is 0.251 e. The summed E-state index contributed by atoms with van der Waals surface area (Å²) in [4.78, 5) is 16.6. The monoisotopic (exact) mass is 309 g/mol. The third kappa shape index (κ3) is 3.69. The maximum Gasteiger partial charge on any atom is 0.251 e. The van der Waals surface area contributed by atoms with Crippen LogP contribution in [-0.2, 0) is 6.42 Å². The first kappa shape index (κ1) is 15.1. The van der Waals surface area contributed by atoms with E-state index in [0.29, 0.717) is 25.1 Å². The van der Waals surface area contributed by atoms with Crippen LogP contribution < -0.4 is 10.1 Å². The summed E-state index contributed by atoms with van der Waals surface area (Å²) < 4.78 is 7.34. The van der Waals surface area contributed by atoms with Crippen molar-refractivity contribution in [3.05, 3.63) is 66.1 Å². The van der Waals surface area contributed by atoms with E-state index in [1.807, 2.05) is 41.9 Å². The second-order valence-electron chi connectivity index (χ2n) is 5.16. The van der Waals surface area contributed by atoms with E-state index in [1.54, 1.807) is 24.3 Å². The second kappa shape index (κ2) is 6.96. The lowest BCUT2D eigenvalue weighted by molar-refractivity contribution is 0.0954. The van der Waals surface area contributed by atoms with Crippen molar-refractivity contribution in [2.45, 2.75) is 13.3 Å². The average Bonchev–Trinajstić information content (AvgIpc) is 2.98. The van der Waals surface area contributed by atoms with Gasteiger partial charge in [-0.05, 0) is 43.3 Å². The normalized spacial score (nSPS) is 10.7. The summed E-state index contributed by atoms with van der Waals surface area (Å²) in [7, 11) is 0. The van der Waals surface area contributed by atoms with Gasteiger partial charge in [0.05, 0.1) is 12.3 Å². The maximum atomic E-state index is 12.1. The van der Waals surface area contributed by atoms with Gasteiger partial charge in [0.15, 0.2) is 0 Å². The van der Waals surface area contributed by atoms with Gasteiger partial charge in [-0.2, -0.15) is 0 Å². The molecule has 0 spiro atoms. The number of ether oxygens (including phenoxy) is 1. The Bertz CT molecular complexity index is 760. The molecule has 3 aromatic rings. The van der Waals surface area contributed by atoms with Gasteiger partial charge in [-0.15, -0.1) is 0 Å². The van der Waals surface area contributed by atoms with Gasteiger partial charge in [-0.3, -0.25) is 4.79 Å². The molecule has 0 radical (unpaired) electrons. The zero-order valence-corrected chi connectivity index (χ0v) is 13.0. The first-order chi connectivity index (χ1) is 11.3. The predicted octanol–water partition coefficient (Wildman–Crippen LogP) is 2.71. The van der Waals surface area contributed by atoms with Crippen LogP contribution in [-0.4, -0.2) is 28.4 Å². The van der Waals surface area contributed by atoms with Gasteiger partial charge in [-0.25, -0.2) is 4.98 Å². The van der Waals surface area contributed by atoms with E-state index in [-0.39, 0.29) is 5.91 Å². The molecular formula is C18H19N3O2. The number of imidazole rings is 1. The van der Waals surface area contributed by atoms with Crippen molar-refractivity contribution in [1.29, 1.82) is 0 Å². The number of nitrogens with zero attached hydrogens (tertiary/aromatic N) is 2. The van der Waals surface area contributed by atoms with Crippen LogP contribution in [0.3, 0.4) is 0 Å². The van der Waals surface area contributed by atoms with E-state index < -0.39 is 0 Å².